The first-order valence-corrected chi connectivity index (χ1v) is 13.4. The summed E-state index contributed by atoms with van der Waals surface area (Å²) in [6.07, 6.45) is 3.43. The summed E-state index contributed by atoms with van der Waals surface area (Å²) in [5, 5.41) is 15.7. The molecule has 4 atom stereocenters. The Bertz CT molecular complexity index is 1210. The van der Waals surface area contributed by atoms with Gasteiger partial charge < -0.3 is 42.8 Å². The highest BCUT2D eigenvalue weighted by atomic mass is 32.1. The van der Waals surface area contributed by atoms with Crippen LogP contribution in [0.4, 0.5) is 0 Å². The van der Waals surface area contributed by atoms with Crippen LogP contribution < -0.4 is 27.8 Å². The van der Waals surface area contributed by atoms with Crippen molar-refractivity contribution in [3.8, 4) is 0 Å². The van der Waals surface area contributed by atoms with Gasteiger partial charge in [0.2, 0.25) is 17.7 Å². The number of carbonyl (C=O) groups is 4. The van der Waals surface area contributed by atoms with Crippen molar-refractivity contribution < 1.29 is 24.3 Å². The van der Waals surface area contributed by atoms with Gasteiger partial charge in [-0.3, -0.25) is 19.4 Å². The molecule has 1 aliphatic heterocycles. The van der Waals surface area contributed by atoms with Crippen LogP contribution in [0, 0.1) is 0 Å². The Kier molecular flexibility index (Phi) is 10.6. The number of rotatable bonds is 13. The molecule has 0 saturated carbocycles. The van der Waals surface area contributed by atoms with E-state index in [9.17, 15) is 24.3 Å². The van der Waals surface area contributed by atoms with Gasteiger partial charge in [-0.1, -0.05) is 18.2 Å². The molecule has 1 aromatic carbocycles. The Balaban J connectivity index is 1.66. The lowest BCUT2D eigenvalue weighted by atomic mass is 10.0. The third-order valence-electron chi connectivity index (χ3n) is 6.65. The van der Waals surface area contributed by atoms with Crippen LogP contribution in [0.25, 0.3) is 10.9 Å². The predicted molar refractivity (Wildman–Crippen MR) is 150 cm³/mol. The minimum atomic E-state index is -1.10. The number of hydrogen-bond donors (Lipinski definition) is 8. The smallest absolute Gasteiger partial charge is 0.326 e. The van der Waals surface area contributed by atoms with Crippen LogP contribution in [-0.4, -0.2) is 87.7 Å². The first-order valence-electron chi connectivity index (χ1n) is 12.7. The topological polar surface area (TPSA) is 222 Å². The molecule has 13 nitrogen and oxygen atoms in total. The minimum Gasteiger partial charge on any atom is -0.480 e. The fraction of sp³-hybridized carbons (Fsp3) is 0.480. The summed E-state index contributed by atoms with van der Waals surface area (Å²) in [5.74, 6) is -2.95. The van der Waals surface area contributed by atoms with Crippen molar-refractivity contribution in [3.05, 3.63) is 36.0 Å². The molecule has 0 aliphatic carbocycles. The zero-order valence-corrected chi connectivity index (χ0v) is 22.4. The number of amides is 3. The first kappa shape index (κ1) is 29.8. The number of nitrogens with one attached hydrogen (secondary N) is 3. The summed E-state index contributed by atoms with van der Waals surface area (Å²) in [6, 6.07) is 3.63. The first-order chi connectivity index (χ1) is 18.6. The summed E-state index contributed by atoms with van der Waals surface area (Å²) in [4.78, 5) is 59.2. The molecule has 1 saturated heterocycles. The number of nitrogens with zero attached hydrogens (tertiary/aromatic N) is 2. The number of carboxylic acid groups (broad SMARTS) is 1. The molecule has 1 aromatic heterocycles. The number of aromatic nitrogens is 1. The molecule has 2 heterocycles. The Labute approximate surface area is 231 Å². The Morgan fingerprint density at radius 1 is 1.15 bits per heavy atom. The number of carbonyl (C=O) groups excluding carboxylic acids is 3. The van der Waals surface area contributed by atoms with E-state index in [1.54, 1.807) is 6.20 Å². The fourth-order valence-electron chi connectivity index (χ4n) is 4.62. The average molecular weight is 561 g/mol. The second-order valence-electron chi connectivity index (χ2n) is 9.45. The maximum absolute atomic E-state index is 13.3. The molecule has 3 rings (SSSR count). The molecular formula is C25H36N8O5S. The third-order valence-corrected chi connectivity index (χ3v) is 7.01. The van der Waals surface area contributed by atoms with Gasteiger partial charge >= 0.3 is 5.97 Å². The average Bonchev–Trinajstić information content (AvgIpc) is 3.56. The second kappa shape index (κ2) is 13.8. The summed E-state index contributed by atoms with van der Waals surface area (Å²) >= 11 is 4.21. The van der Waals surface area contributed by atoms with Gasteiger partial charge in [0.1, 0.15) is 18.1 Å². The number of fused-ring (bicyclic) bond motifs is 1. The number of aliphatic imine (C=N–C) groups is 1. The van der Waals surface area contributed by atoms with Crippen molar-refractivity contribution >= 4 is 53.2 Å². The highest BCUT2D eigenvalue weighted by molar-refractivity contribution is 7.80. The van der Waals surface area contributed by atoms with Crippen molar-refractivity contribution in [1.82, 2.24) is 20.5 Å². The molecule has 14 heteroatoms. The lowest BCUT2D eigenvalue weighted by Gasteiger charge is -2.28. The van der Waals surface area contributed by atoms with Gasteiger partial charge in [-0.25, -0.2) is 4.79 Å². The van der Waals surface area contributed by atoms with Crippen LogP contribution in [-0.2, 0) is 25.6 Å². The molecule has 2 aromatic rings. The molecule has 1 aliphatic rings. The van der Waals surface area contributed by atoms with Gasteiger partial charge in [-0.2, -0.15) is 12.6 Å². The lowest BCUT2D eigenvalue weighted by molar-refractivity contribution is -0.149. The number of aromatic amines is 1. The minimum absolute atomic E-state index is 0.0479. The van der Waals surface area contributed by atoms with E-state index < -0.39 is 47.9 Å². The summed E-state index contributed by atoms with van der Waals surface area (Å²) in [7, 11) is 0. The van der Waals surface area contributed by atoms with Crippen molar-refractivity contribution in [2.75, 3.05) is 18.8 Å². The van der Waals surface area contributed by atoms with E-state index in [2.05, 4.69) is 33.2 Å². The molecule has 0 radical (unpaired) electrons. The van der Waals surface area contributed by atoms with E-state index in [-0.39, 0.29) is 37.6 Å². The second-order valence-corrected chi connectivity index (χ2v) is 9.82. The number of nitrogens with two attached hydrogens (primary N) is 3. The monoisotopic (exact) mass is 560 g/mol. The highest BCUT2D eigenvalue weighted by Crippen LogP contribution is 2.20. The molecule has 39 heavy (non-hydrogen) atoms. The van der Waals surface area contributed by atoms with E-state index in [0.29, 0.717) is 19.3 Å². The number of hydrogen-bond acceptors (Lipinski definition) is 7. The number of aliphatic carboxylic acids is 1. The van der Waals surface area contributed by atoms with E-state index in [1.807, 2.05) is 24.3 Å². The largest absolute Gasteiger partial charge is 0.480 e. The Morgan fingerprint density at radius 3 is 2.56 bits per heavy atom. The molecular weight excluding hydrogens is 524 g/mol. The number of benzene rings is 1. The fourth-order valence-corrected chi connectivity index (χ4v) is 4.88. The molecule has 3 amide bonds. The quantitative estimate of drug-likeness (QED) is 0.0659. The van der Waals surface area contributed by atoms with Crippen LogP contribution in [0.3, 0.4) is 0 Å². The van der Waals surface area contributed by atoms with Crippen molar-refractivity contribution in [1.29, 1.82) is 0 Å². The van der Waals surface area contributed by atoms with Gasteiger partial charge in [0.05, 0.1) is 6.04 Å². The highest BCUT2D eigenvalue weighted by Gasteiger charge is 2.38. The van der Waals surface area contributed by atoms with Gasteiger partial charge in [0.15, 0.2) is 5.96 Å². The summed E-state index contributed by atoms with van der Waals surface area (Å²) in [5.41, 5.74) is 18.7. The predicted octanol–water partition coefficient (Wildman–Crippen LogP) is -0.934. The normalized spacial score (nSPS) is 17.3. The number of guanidine groups is 1. The van der Waals surface area contributed by atoms with E-state index in [0.717, 1.165) is 16.5 Å². The molecule has 0 spiro atoms. The molecule has 4 unspecified atom stereocenters. The third kappa shape index (κ3) is 7.86. The Morgan fingerprint density at radius 2 is 1.87 bits per heavy atom. The Hall–Kier alpha value is -3.78. The zero-order chi connectivity index (χ0) is 28.5. The molecule has 0 bridgehead atoms. The molecule has 10 N–H and O–H groups in total. The zero-order valence-electron chi connectivity index (χ0n) is 21.5. The summed E-state index contributed by atoms with van der Waals surface area (Å²) in [6.45, 7) is 0.491. The van der Waals surface area contributed by atoms with Crippen molar-refractivity contribution in [2.24, 2.45) is 22.2 Å². The van der Waals surface area contributed by atoms with E-state index >= 15 is 0 Å². The van der Waals surface area contributed by atoms with E-state index in [4.69, 9.17) is 17.2 Å². The maximum Gasteiger partial charge on any atom is 0.326 e. The SMILES string of the molecule is NC(N)=NCCCC(NC(=O)C(CS)NC(=O)C(N)Cc1c[nH]c2ccccc12)C(=O)N1CCCC1C(=O)O. The number of carboxylic acids is 1. The van der Waals surface area contributed by atoms with Gasteiger partial charge in [-0.15, -0.1) is 0 Å². The molecule has 1 fully saturated rings. The molecule has 212 valence electrons. The standard InChI is InChI=1S/C25H36N8O5S/c26-16(11-14-12-30-17-6-2-1-5-15(14)17)21(34)32-19(13-39)22(35)31-18(7-3-9-29-25(27)28)23(36)33-10-4-8-20(33)24(37)38/h1-2,5-6,12,16,18-20,30,39H,3-4,7-11,13,26H2,(H,31,35)(H,32,34)(H,37,38)(H4,27,28,29). The van der Waals surface area contributed by atoms with Crippen LogP contribution in [0.2, 0.25) is 0 Å². The van der Waals surface area contributed by atoms with Crippen LogP contribution in [0.5, 0.6) is 0 Å². The van der Waals surface area contributed by atoms with Gasteiger partial charge in [-0.05, 0) is 43.7 Å². The van der Waals surface area contributed by atoms with Crippen LogP contribution in [0.15, 0.2) is 35.5 Å². The number of likely N-dealkylation sites (tertiary alicyclic amines) is 1. The van der Waals surface area contributed by atoms with Gasteiger partial charge in [0.25, 0.3) is 0 Å². The van der Waals surface area contributed by atoms with Crippen molar-refractivity contribution in [3.63, 3.8) is 0 Å². The van der Waals surface area contributed by atoms with Crippen molar-refractivity contribution in [2.45, 2.75) is 56.3 Å². The maximum atomic E-state index is 13.3. The number of H-pyrrole nitrogens is 1. The summed E-state index contributed by atoms with van der Waals surface area (Å²) < 4.78 is 0. The van der Waals surface area contributed by atoms with Crippen LogP contribution in [0.1, 0.15) is 31.2 Å². The number of para-hydroxylation sites is 1. The van der Waals surface area contributed by atoms with E-state index in [1.165, 1.54) is 4.90 Å². The number of thiol groups is 1. The van der Waals surface area contributed by atoms with Crippen LogP contribution >= 0.6 is 12.6 Å². The lowest BCUT2D eigenvalue weighted by Crippen LogP contribution is -2.57. The van der Waals surface area contributed by atoms with Gasteiger partial charge in [0, 0.05) is 35.9 Å².